The van der Waals surface area contributed by atoms with E-state index in [0.29, 0.717) is 18.7 Å². The van der Waals surface area contributed by atoms with Crippen LogP contribution in [0.4, 0.5) is 5.82 Å². The van der Waals surface area contributed by atoms with Crippen LogP contribution in [0, 0.1) is 0 Å². The second-order valence-corrected chi connectivity index (χ2v) is 10.2. The topological polar surface area (TPSA) is 131 Å². The molecule has 0 saturated carbocycles. The Hall–Kier alpha value is -3.30. The highest BCUT2D eigenvalue weighted by Crippen LogP contribution is 2.20. The lowest BCUT2D eigenvalue weighted by atomic mass is 10.0. The number of rotatable bonds is 11. The molecule has 0 saturated heterocycles. The van der Waals surface area contributed by atoms with Crippen molar-refractivity contribution in [1.29, 1.82) is 0 Å². The van der Waals surface area contributed by atoms with Gasteiger partial charge in [0.15, 0.2) is 5.78 Å². The number of benzene rings is 2. The molecule has 0 radical (unpaired) electrons. The summed E-state index contributed by atoms with van der Waals surface area (Å²) in [5, 5.41) is 4.48. The summed E-state index contributed by atoms with van der Waals surface area (Å²) < 4.78 is 25.9. The number of fused-ring (bicyclic) bond motifs is 1. The van der Waals surface area contributed by atoms with E-state index in [1.807, 2.05) is 54.6 Å². The van der Waals surface area contributed by atoms with Crippen molar-refractivity contribution < 1.29 is 18.0 Å². The molecule has 1 heterocycles. The third-order valence-corrected chi connectivity index (χ3v) is 6.31. The molecule has 8 nitrogen and oxygen atoms in total. The maximum absolute atomic E-state index is 12.8. The summed E-state index contributed by atoms with van der Waals surface area (Å²) in [5.74, 6) is -0.194. The SMILES string of the molecule is C[C@H](NC(=O)[C@@H](CCc1ccccc1)NS(C)(=O)=O)C(=O)CCc1ccc2c(N)nccc2c1. The maximum atomic E-state index is 12.8. The Kier molecular flexibility index (Phi) is 8.36. The van der Waals surface area contributed by atoms with E-state index in [1.165, 1.54) is 0 Å². The van der Waals surface area contributed by atoms with Crippen molar-refractivity contribution >= 4 is 38.3 Å². The number of nitrogens with zero attached hydrogens (tertiary/aromatic N) is 1. The number of carbonyl (C=O) groups is 2. The second-order valence-electron chi connectivity index (χ2n) is 8.42. The fourth-order valence-electron chi connectivity index (χ4n) is 3.74. The molecule has 0 unspecified atom stereocenters. The fourth-order valence-corrected chi connectivity index (χ4v) is 4.48. The number of aromatic nitrogens is 1. The van der Waals surface area contributed by atoms with E-state index in [-0.39, 0.29) is 18.6 Å². The molecule has 2 atom stereocenters. The predicted molar refractivity (Wildman–Crippen MR) is 134 cm³/mol. The average Bonchev–Trinajstić information content (AvgIpc) is 2.80. The molecule has 0 aliphatic rings. The number of ketones is 1. The van der Waals surface area contributed by atoms with Crippen molar-refractivity contribution in [3.05, 3.63) is 71.9 Å². The molecule has 3 aromatic rings. The Bertz CT molecular complexity index is 1260. The van der Waals surface area contributed by atoms with E-state index in [0.717, 1.165) is 28.2 Å². The van der Waals surface area contributed by atoms with E-state index in [2.05, 4.69) is 15.0 Å². The first-order chi connectivity index (χ1) is 16.1. The van der Waals surface area contributed by atoms with Crippen molar-refractivity contribution in [3.63, 3.8) is 0 Å². The van der Waals surface area contributed by atoms with Crippen LogP contribution >= 0.6 is 0 Å². The minimum Gasteiger partial charge on any atom is -0.383 e. The van der Waals surface area contributed by atoms with Gasteiger partial charge in [-0.1, -0.05) is 48.5 Å². The first kappa shape index (κ1) is 25.3. The predicted octanol–water partition coefficient (Wildman–Crippen LogP) is 2.37. The van der Waals surface area contributed by atoms with Crippen LogP contribution in [0.1, 0.15) is 30.9 Å². The number of nitrogens with one attached hydrogen (secondary N) is 2. The summed E-state index contributed by atoms with van der Waals surface area (Å²) in [5.41, 5.74) is 7.85. The second kappa shape index (κ2) is 11.2. The first-order valence-corrected chi connectivity index (χ1v) is 13.0. The molecule has 3 rings (SSSR count). The average molecular weight is 483 g/mol. The van der Waals surface area contributed by atoms with Gasteiger partial charge in [-0.2, -0.15) is 0 Å². The molecular weight excluding hydrogens is 452 g/mol. The van der Waals surface area contributed by atoms with Crippen LogP contribution in [0.15, 0.2) is 60.8 Å². The monoisotopic (exact) mass is 482 g/mol. The number of sulfonamides is 1. The van der Waals surface area contributed by atoms with Crippen LogP contribution in [0.25, 0.3) is 10.8 Å². The number of Topliss-reactive ketones (excluding diaryl/α,β-unsaturated/α-hetero) is 1. The Morgan fingerprint density at radius 1 is 1.03 bits per heavy atom. The summed E-state index contributed by atoms with van der Waals surface area (Å²) in [6, 6.07) is 15.4. The van der Waals surface area contributed by atoms with Gasteiger partial charge >= 0.3 is 0 Å². The van der Waals surface area contributed by atoms with Gasteiger partial charge in [0.05, 0.1) is 12.3 Å². The molecule has 2 aromatic carbocycles. The Balaban J connectivity index is 1.58. The van der Waals surface area contributed by atoms with E-state index in [4.69, 9.17) is 5.73 Å². The lowest BCUT2D eigenvalue weighted by Gasteiger charge is -2.20. The highest BCUT2D eigenvalue weighted by molar-refractivity contribution is 7.88. The Morgan fingerprint density at radius 3 is 2.47 bits per heavy atom. The van der Waals surface area contributed by atoms with Crippen molar-refractivity contribution in [2.45, 2.75) is 44.7 Å². The number of anilines is 1. The van der Waals surface area contributed by atoms with Gasteiger partial charge < -0.3 is 11.1 Å². The van der Waals surface area contributed by atoms with Gasteiger partial charge in [-0.3, -0.25) is 9.59 Å². The van der Waals surface area contributed by atoms with Gasteiger partial charge in [0, 0.05) is 18.0 Å². The minimum absolute atomic E-state index is 0.135. The molecule has 180 valence electrons. The van der Waals surface area contributed by atoms with Crippen LogP contribution in [0.3, 0.4) is 0 Å². The van der Waals surface area contributed by atoms with Crippen LogP contribution in [-0.2, 0) is 32.5 Å². The van der Waals surface area contributed by atoms with Crippen molar-refractivity contribution in [2.24, 2.45) is 0 Å². The van der Waals surface area contributed by atoms with E-state index in [9.17, 15) is 18.0 Å². The summed E-state index contributed by atoms with van der Waals surface area (Å²) in [6.07, 6.45) is 4.20. The molecule has 9 heteroatoms. The van der Waals surface area contributed by atoms with Gasteiger partial charge in [-0.15, -0.1) is 0 Å². The van der Waals surface area contributed by atoms with Crippen molar-refractivity contribution in [1.82, 2.24) is 15.0 Å². The lowest BCUT2D eigenvalue weighted by Crippen LogP contribution is -2.50. The van der Waals surface area contributed by atoms with Crippen LogP contribution in [-0.4, -0.2) is 43.4 Å². The number of hydrogen-bond donors (Lipinski definition) is 3. The first-order valence-electron chi connectivity index (χ1n) is 11.1. The molecule has 1 aromatic heterocycles. The number of carbonyl (C=O) groups excluding carboxylic acids is 2. The van der Waals surface area contributed by atoms with Gasteiger partial charge in [0.1, 0.15) is 11.9 Å². The normalized spacial score (nSPS) is 13.4. The van der Waals surface area contributed by atoms with Crippen LogP contribution in [0.5, 0.6) is 0 Å². The molecule has 0 aliphatic heterocycles. The van der Waals surface area contributed by atoms with Crippen molar-refractivity contribution in [2.75, 3.05) is 12.0 Å². The van der Waals surface area contributed by atoms with Gasteiger partial charge in [-0.25, -0.2) is 18.1 Å². The van der Waals surface area contributed by atoms with Crippen LogP contribution in [0.2, 0.25) is 0 Å². The number of pyridine rings is 1. The maximum Gasteiger partial charge on any atom is 0.238 e. The molecule has 0 spiro atoms. The summed E-state index contributed by atoms with van der Waals surface area (Å²) >= 11 is 0. The fraction of sp³-hybridized carbons (Fsp3) is 0.320. The standard InChI is InChI=1S/C25H30N4O4S/c1-17(23(30)13-10-19-8-11-21-20(16-19)14-15-27-24(21)26)28-25(31)22(29-34(2,32)33)12-9-18-6-4-3-5-7-18/h3-8,11,14-17,22,29H,9-10,12-13H2,1-2H3,(H2,26,27)(H,28,31)/t17-,22+/m0/s1. The molecule has 0 fully saturated rings. The quantitative estimate of drug-likeness (QED) is 0.385. The minimum atomic E-state index is -3.61. The van der Waals surface area contributed by atoms with Gasteiger partial charge in [0.25, 0.3) is 0 Å². The van der Waals surface area contributed by atoms with Gasteiger partial charge in [0.2, 0.25) is 15.9 Å². The molecule has 1 amide bonds. The number of amides is 1. The highest BCUT2D eigenvalue weighted by atomic mass is 32.2. The largest absolute Gasteiger partial charge is 0.383 e. The molecule has 34 heavy (non-hydrogen) atoms. The smallest absolute Gasteiger partial charge is 0.238 e. The summed E-state index contributed by atoms with van der Waals surface area (Å²) in [4.78, 5) is 29.5. The zero-order valence-electron chi connectivity index (χ0n) is 19.3. The van der Waals surface area contributed by atoms with E-state index >= 15 is 0 Å². The third kappa shape index (κ3) is 7.36. The van der Waals surface area contributed by atoms with E-state index in [1.54, 1.807) is 13.1 Å². The number of aryl methyl sites for hydroxylation is 2. The summed E-state index contributed by atoms with van der Waals surface area (Å²) in [6.45, 7) is 1.61. The van der Waals surface area contributed by atoms with Crippen LogP contribution < -0.4 is 15.8 Å². The van der Waals surface area contributed by atoms with Gasteiger partial charge in [-0.05, 0) is 48.8 Å². The number of hydrogen-bond acceptors (Lipinski definition) is 6. The molecule has 0 aliphatic carbocycles. The third-order valence-electron chi connectivity index (χ3n) is 5.60. The molecule has 4 N–H and O–H groups in total. The zero-order chi connectivity index (χ0) is 24.7. The molecule has 0 bridgehead atoms. The zero-order valence-corrected chi connectivity index (χ0v) is 20.1. The number of nitrogen functional groups attached to an aromatic ring is 1. The summed E-state index contributed by atoms with van der Waals surface area (Å²) in [7, 11) is -3.61. The Labute approximate surface area is 200 Å². The molecular formula is C25H30N4O4S. The highest BCUT2D eigenvalue weighted by Gasteiger charge is 2.25. The van der Waals surface area contributed by atoms with Crippen molar-refractivity contribution in [3.8, 4) is 0 Å². The lowest BCUT2D eigenvalue weighted by molar-refractivity contribution is -0.128. The number of nitrogens with two attached hydrogens (primary N) is 1. The van der Waals surface area contributed by atoms with E-state index < -0.39 is 28.0 Å². The Morgan fingerprint density at radius 2 is 1.76 bits per heavy atom.